The Kier molecular flexibility index (Phi) is 7.08. The van der Waals surface area contributed by atoms with Crippen molar-refractivity contribution in [3.63, 3.8) is 0 Å². The molecule has 1 aliphatic carbocycles. The van der Waals surface area contributed by atoms with Crippen molar-refractivity contribution < 1.29 is 23.0 Å². The smallest absolute Gasteiger partial charge is 0.178 e. The highest BCUT2D eigenvalue weighted by Gasteiger charge is 2.45. The fraction of sp³-hybridized carbons (Fsp3) is 0.286. The monoisotopic (exact) mass is 656 g/mol. The third-order valence-electron chi connectivity index (χ3n) is 10.9. The van der Waals surface area contributed by atoms with Gasteiger partial charge in [-0.3, -0.25) is 0 Å². The van der Waals surface area contributed by atoms with Gasteiger partial charge in [0.25, 0.3) is 0 Å². The predicted molar refractivity (Wildman–Crippen MR) is 191 cm³/mol. The van der Waals surface area contributed by atoms with E-state index in [0.29, 0.717) is 11.1 Å². The molecule has 0 bridgehead atoms. The Morgan fingerprint density at radius 1 is 0.653 bits per heavy atom. The normalized spacial score (nSPS) is 18.9. The Bertz CT molecular complexity index is 2050. The molecule has 248 valence electrons. The molecule has 49 heavy (non-hydrogen) atoms. The van der Waals surface area contributed by atoms with E-state index in [-0.39, 0.29) is 0 Å². The number of halogens is 2. The van der Waals surface area contributed by atoms with E-state index >= 15 is 4.39 Å². The number of fused-ring (bicyclic) bond motifs is 8. The molecule has 2 saturated heterocycles. The zero-order valence-electron chi connectivity index (χ0n) is 27.8. The van der Waals surface area contributed by atoms with Crippen LogP contribution in [-0.2, 0) is 20.5 Å². The van der Waals surface area contributed by atoms with E-state index in [0.717, 1.165) is 114 Å². The number of hydrogen-bond acceptors (Lipinski definition) is 5. The van der Waals surface area contributed by atoms with E-state index in [1.54, 1.807) is 0 Å². The minimum atomic E-state index is -0.940. The second kappa shape index (κ2) is 11.4. The van der Waals surface area contributed by atoms with Gasteiger partial charge in [0.1, 0.15) is 17.4 Å². The van der Waals surface area contributed by atoms with Crippen molar-refractivity contribution in [2.75, 3.05) is 62.4 Å². The summed E-state index contributed by atoms with van der Waals surface area (Å²) in [5.41, 5.74) is 6.52. The highest BCUT2D eigenvalue weighted by Crippen LogP contribution is 2.58. The lowest BCUT2D eigenvalue weighted by Gasteiger charge is -2.39. The van der Waals surface area contributed by atoms with Gasteiger partial charge < -0.3 is 24.0 Å². The molecule has 3 aliphatic heterocycles. The molecule has 4 aliphatic rings. The minimum absolute atomic E-state index is 0.519. The maximum Gasteiger partial charge on any atom is 0.178 e. The molecule has 5 aromatic carbocycles. The lowest BCUT2D eigenvalue weighted by Crippen LogP contribution is -2.37. The standard InChI is InChI=1S/C42H38F2N2O3/c1-41(2)38-35(25-29(43)26-36(38)44)37-32-5-3-4-6-33(32)40-34(39(37)41)15-16-42(49-40,27-7-11-30(12-8-27)45-17-21-47-22-18-45)28-9-13-31(14-10-28)46-19-23-48-24-20-46/h3-16,25-26H,17-24H2,1-2H3. The third-order valence-corrected chi connectivity index (χ3v) is 10.9. The first-order chi connectivity index (χ1) is 23.8. The van der Waals surface area contributed by atoms with Crippen LogP contribution < -0.4 is 14.5 Å². The summed E-state index contributed by atoms with van der Waals surface area (Å²) < 4.78 is 49.0. The van der Waals surface area contributed by atoms with Crippen LogP contribution in [0.25, 0.3) is 28.0 Å². The number of hydrogen-bond donors (Lipinski definition) is 0. The zero-order chi connectivity index (χ0) is 33.3. The molecule has 3 heterocycles. The number of morpholine rings is 2. The van der Waals surface area contributed by atoms with E-state index < -0.39 is 22.7 Å². The van der Waals surface area contributed by atoms with E-state index in [4.69, 9.17) is 14.2 Å². The molecule has 0 N–H and O–H groups in total. The van der Waals surface area contributed by atoms with Crippen LogP contribution in [0.3, 0.4) is 0 Å². The zero-order valence-corrected chi connectivity index (χ0v) is 27.8. The van der Waals surface area contributed by atoms with Crippen molar-refractivity contribution >= 4 is 28.2 Å². The molecule has 5 aromatic rings. The molecule has 0 radical (unpaired) electrons. The second-order valence-electron chi connectivity index (χ2n) is 13.9. The second-order valence-corrected chi connectivity index (χ2v) is 13.9. The molecule has 0 amide bonds. The molecule has 2 fully saturated rings. The number of anilines is 2. The fourth-order valence-electron chi connectivity index (χ4n) is 8.51. The Morgan fingerprint density at radius 3 is 1.78 bits per heavy atom. The first-order valence-corrected chi connectivity index (χ1v) is 17.2. The predicted octanol–water partition coefficient (Wildman–Crippen LogP) is 8.45. The lowest BCUT2D eigenvalue weighted by atomic mass is 9.76. The van der Waals surface area contributed by atoms with Gasteiger partial charge in [0.15, 0.2) is 5.60 Å². The van der Waals surface area contributed by atoms with Gasteiger partial charge in [-0.1, -0.05) is 68.5 Å². The largest absolute Gasteiger partial charge is 0.472 e. The summed E-state index contributed by atoms with van der Waals surface area (Å²) in [5.74, 6) is -0.355. The van der Waals surface area contributed by atoms with Crippen LogP contribution in [0.4, 0.5) is 20.2 Å². The van der Waals surface area contributed by atoms with Crippen molar-refractivity contribution in [3.05, 3.63) is 130 Å². The van der Waals surface area contributed by atoms with Gasteiger partial charge in [-0.2, -0.15) is 0 Å². The van der Waals surface area contributed by atoms with Gasteiger partial charge in [-0.05, 0) is 58.5 Å². The Balaban J connectivity index is 1.23. The lowest BCUT2D eigenvalue weighted by molar-refractivity contribution is 0.122. The summed E-state index contributed by atoms with van der Waals surface area (Å²) in [5, 5.41) is 1.83. The molecule has 0 saturated carbocycles. The molecule has 9 rings (SSSR count). The van der Waals surface area contributed by atoms with Gasteiger partial charge in [0, 0.05) is 76.7 Å². The van der Waals surface area contributed by atoms with Crippen LogP contribution >= 0.6 is 0 Å². The maximum absolute atomic E-state index is 15.6. The van der Waals surface area contributed by atoms with Gasteiger partial charge in [0.05, 0.1) is 26.4 Å². The number of benzene rings is 5. The van der Waals surface area contributed by atoms with Crippen molar-refractivity contribution in [1.29, 1.82) is 0 Å². The van der Waals surface area contributed by atoms with E-state index in [1.807, 2.05) is 32.0 Å². The molecule has 7 heteroatoms. The summed E-state index contributed by atoms with van der Waals surface area (Å²) in [6, 6.07) is 27.9. The minimum Gasteiger partial charge on any atom is -0.472 e. The molecule has 0 aromatic heterocycles. The summed E-state index contributed by atoms with van der Waals surface area (Å²) >= 11 is 0. The quantitative estimate of drug-likeness (QED) is 0.194. The van der Waals surface area contributed by atoms with Crippen LogP contribution in [0.15, 0.2) is 91.0 Å². The Morgan fingerprint density at radius 2 is 1.20 bits per heavy atom. The highest BCUT2D eigenvalue weighted by atomic mass is 19.1. The Hall–Kier alpha value is -4.72. The third kappa shape index (κ3) is 4.70. The number of rotatable bonds is 4. The SMILES string of the molecule is CC1(C)c2c(F)cc(F)cc2-c2c1c1c(c3ccccc23)OC(c2ccc(N3CCOCC3)cc2)(c2ccc(N3CCOCC3)cc2)C=C1. The summed E-state index contributed by atoms with van der Waals surface area (Å²) in [7, 11) is 0. The van der Waals surface area contributed by atoms with Crippen molar-refractivity contribution in [3.8, 4) is 16.9 Å². The summed E-state index contributed by atoms with van der Waals surface area (Å²) in [6.07, 6.45) is 4.30. The van der Waals surface area contributed by atoms with Gasteiger partial charge in [-0.15, -0.1) is 0 Å². The average molecular weight is 657 g/mol. The van der Waals surface area contributed by atoms with E-state index in [2.05, 4.69) is 76.5 Å². The van der Waals surface area contributed by atoms with Crippen molar-refractivity contribution in [2.45, 2.75) is 24.9 Å². The van der Waals surface area contributed by atoms with Gasteiger partial charge in [0.2, 0.25) is 0 Å². The van der Waals surface area contributed by atoms with Crippen LogP contribution in [0.5, 0.6) is 5.75 Å². The fourth-order valence-corrected chi connectivity index (χ4v) is 8.51. The Labute approximate surface area is 285 Å². The van der Waals surface area contributed by atoms with Crippen molar-refractivity contribution in [2.24, 2.45) is 0 Å². The van der Waals surface area contributed by atoms with Gasteiger partial charge >= 0.3 is 0 Å². The number of ether oxygens (including phenoxy) is 3. The first-order valence-electron chi connectivity index (χ1n) is 17.2. The molecule has 0 unspecified atom stereocenters. The molecular weight excluding hydrogens is 618 g/mol. The van der Waals surface area contributed by atoms with Crippen molar-refractivity contribution in [1.82, 2.24) is 0 Å². The van der Waals surface area contributed by atoms with E-state index in [9.17, 15) is 4.39 Å². The first kappa shape index (κ1) is 30.3. The van der Waals surface area contributed by atoms with Crippen LogP contribution in [0.2, 0.25) is 0 Å². The molecule has 0 spiro atoms. The topological polar surface area (TPSA) is 34.2 Å². The van der Waals surface area contributed by atoms with Crippen LogP contribution in [0.1, 0.15) is 41.7 Å². The molecular formula is C42H38F2N2O3. The number of nitrogens with zero attached hydrogens (tertiary/aromatic N) is 2. The molecule has 5 nitrogen and oxygen atoms in total. The van der Waals surface area contributed by atoms with Crippen LogP contribution in [-0.4, -0.2) is 52.6 Å². The molecule has 0 atom stereocenters. The van der Waals surface area contributed by atoms with Crippen LogP contribution in [0, 0.1) is 11.6 Å². The summed E-state index contributed by atoms with van der Waals surface area (Å²) in [4.78, 5) is 4.70. The maximum atomic E-state index is 15.6. The summed E-state index contributed by atoms with van der Waals surface area (Å²) in [6.45, 7) is 10.4. The van der Waals surface area contributed by atoms with Gasteiger partial charge in [-0.25, -0.2) is 8.78 Å². The average Bonchev–Trinajstić information content (AvgIpc) is 3.39. The highest BCUT2D eigenvalue weighted by molar-refractivity contribution is 6.08. The van der Waals surface area contributed by atoms with E-state index in [1.165, 1.54) is 6.07 Å².